The molecule has 1 aromatic carbocycles. The van der Waals surface area contributed by atoms with E-state index in [1.807, 2.05) is 48.6 Å². The minimum Gasteiger partial charge on any atom is -0.258 e. The molecule has 3 nitrogen and oxygen atoms in total. The van der Waals surface area contributed by atoms with Gasteiger partial charge in [-0.15, -0.1) is 0 Å². The second-order valence-corrected chi connectivity index (χ2v) is 4.25. The minimum atomic E-state index is -0.308. The SMILES string of the molecule is CC(C)c1cccc(I)c1[N+](=O)[O-]. The van der Waals surface area contributed by atoms with E-state index in [1.54, 1.807) is 6.07 Å². The molecule has 0 N–H and O–H groups in total. The molecule has 0 atom stereocenters. The molecular formula is C9H10INO2. The Morgan fingerprint density at radius 1 is 1.46 bits per heavy atom. The summed E-state index contributed by atoms with van der Waals surface area (Å²) in [6.07, 6.45) is 0. The molecule has 0 saturated carbocycles. The Kier molecular flexibility index (Phi) is 3.24. The van der Waals surface area contributed by atoms with Crippen molar-refractivity contribution in [3.63, 3.8) is 0 Å². The summed E-state index contributed by atoms with van der Waals surface area (Å²) in [5.74, 6) is 0.190. The van der Waals surface area contributed by atoms with Crippen LogP contribution in [0.25, 0.3) is 0 Å². The van der Waals surface area contributed by atoms with Crippen LogP contribution in [0.15, 0.2) is 18.2 Å². The summed E-state index contributed by atoms with van der Waals surface area (Å²) in [7, 11) is 0. The van der Waals surface area contributed by atoms with Crippen molar-refractivity contribution in [2.45, 2.75) is 19.8 Å². The van der Waals surface area contributed by atoms with Gasteiger partial charge in [0.1, 0.15) is 0 Å². The maximum Gasteiger partial charge on any atom is 0.286 e. The number of para-hydroxylation sites is 1. The zero-order valence-electron chi connectivity index (χ0n) is 7.45. The van der Waals surface area contributed by atoms with Gasteiger partial charge in [-0.05, 0) is 34.6 Å². The molecule has 0 aromatic heterocycles. The topological polar surface area (TPSA) is 43.1 Å². The van der Waals surface area contributed by atoms with Crippen molar-refractivity contribution in [3.8, 4) is 0 Å². The Balaban J connectivity index is 3.34. The molecule has 0 radical (unpaired) electrons. The van der Waals surface area contributed by atoms with Crippen molar-refractivity contribution >= 4 is 28.3 Å². The summed E-state index contributed by atoms with van der Waals surface area (Å²) < 4.78 is 0.703. The second kappa shape index (κ2) is 4.04. The molecule has 0 aliphatic rings. The van der Waals surface area contributed by atoms with Gasteiger partial charge in [0.25, 0.3) is 5.69 Å². The molecule has 13 heavy (non-hydrogen) atoms. The van der Waals surface area contributed by atoms with E-state index in [4.69, 9.17) is 0 Å². The van der Waals surface area contributed by atoms with E-state index in [0.29, 0.717) is 3.57 Å². The molecule has 0 fully saturated rings. The van der Waals surface area contributed by atoms with Crippen molar-refractivity contribution < 1.29 is 4.92 Å². The predicted octanol–water partition coefficient (Wildman–Crippen LogP) is 3.32. The van der Waals surface area contributed by atoms with Gasteiger partial charge in [0.15, 0.2) is 0 Å². The minimum absolute atomic E-state index is 0.190. The van der Waals surface area contributed by atoms with Gasteiger partial charge in [0.05, 0.1) is 8.49 Å². The van der Waals surface area contributed by atoms with Gasteiger partial charge in [0.2, 0.25) is 0 Å². The lowest BCUT2D eigenvalue weighted by Crippen LogP contribution is -1.99. The van der Waals surface area contributed by atoms with Crippen molar-refractivity contribution in [1.29, 1.82) is 0 Å². The van der Waals surface area contributed by atoms with E-state index in [1.165, 1.54) is 0 Å². The molecule has 0 saturated heterocycles. The Morgan fingerprint density at radius 2 is 2.08 bits per heavy atom. The highest BCUT2D eigenvalue weighted by Crippen LogP contribution is 2.30. The standard InChI is InChI=1S/C9H10INO2/c1-6(2)7-4-3-5-8(10)9(7)11(12)13/h3-6H,1-2H3. The van der Waals surface area contributed by atoms with Crippen LogP contribution < -0.4 is 0 Å². The van der Waals surface area contributed by atoms with Crippen molar-refractivity contribution in [2.75, 3.05) is 0 Å². The molecule has 0 unspecified atom stereocenters. The number of halogens is 1. The Morgan fingerprint density at radius 3 is 2.46 bits per heavy atom. The first-order valence-corrected chi connectivity index (χ1v) is 5.04. The monoisotopic (exact) mass is 291 g/mol. The van der Waals surface area contributed by atoms with E-state index in [-0.39, 0.29) is 16.5 Å². The fraction of sp³-hybridized carbons (Fsp3) is 0.333. The highest BCUT2D eigenvalue weighted by atomic mass is 127. The smallest absolute Gasteiger partial charge is 0.258 e. The summed E-state index contributed by atoms with van der Waals surface area (Å²) in [6, 6.07) is 5.42. The van der Waals surface area contributed by atoms with Crippen LogP contribution in [0.4, 0.5) is 5.69 Å². The normalized spacial score (nSPS) is 10.5. The number of rotatable bonds is 2. The Hall–Kier alpha value is -0.650. The fourth-order valence-corrected chi connectivity index (χ4v) is 1.91. The van der Waals surface area contributed by atoms with Gasteiger partial charge in [-0.25, -0.2) is 0 Å². The highest BCUT2D eigenvalue weighted by Gasteiger charge is 2.19. The molecule has 0 bridgehead atoms. The third-order valence-corrected chi connectivity index (χ3v) is 2.69. The zero-order chi connectivity index (χ0) is 10.0. The Labute approximate surface area is 90.4 Å². The van der Waals surface area contributed by atoms with Crippen LogP contribution in [0.1, 0.15) is 25.3 Å². The quantitative estimate of drug-likeness (QED) is 0.476. The molecule has 0 spiro atoms. The summed E-state index contributed by atoms with van der Waals surface area (Å²) in [5, 5.41) is 10.7. The van der Waals surface area contributed by atoms with Gasteiger partial charge in [-0.1, -0.05) is 26.0 Å². The van der Waals surface area contributed by atoms with Gasteiger partial charge in [0, 0.05) is 5.56 Å². The summed E-state index contributed by atoms with van der Waals surface area (Å²) in [5.41, 5.74) is 1.05. The van der Waals surface area contributed by atoms with Crippen LogP contribution >= 0.6 is 22.6 Å². The van der Waals surface area contributed by atoms with Crippen LogP contribution in [0, 0.1) is 13.7 Å². The first-order valence-electron chi connectivity index (χ1n) is 3.97. The zero-order valence-corrected chi connectivity index (χ0v) is 9.61. The van der Waals surface area contributed by atoms with Crippen molar-refractivity contribution in [3.05, 3.63) is 37.4 Å². The van der Waals surface area contributed by atoms with Crippen LogP contribution in [-0.2, 0) is 0 Å². The maximum atomic E-state index is 10.7. The average Bonchev–Trinajstić information content (AvgIpc) is 2.02. The fourth-order valence-electron chi connectivity index (χ4n) is 1.19. The number of nitro groups is 1. The van der Waals surface area contributed by atoms with Crippen molar-refractivity contribution in [1.82, 2.24) is 0 Å². The maximum absolute atomic E-state index is 10.7. The van der Waals surface area contributed by atoms with Crippen molar-refractivity contribution in [2.24, 2.45) is 0 Å². The van der Waals surface area contributed by atoms with E-state index >= 15 is 0 Å². The molecule has 0 amide bonds. The molecule has 1 rings (SSSR count). The number of nitro benzene ring substituents is 1. The molecule has 0 heterocycles. The molecular weight excluding hydrogens is 281 g/mol. The van der Waals surface area contributed by atoms with E-state index in [2.05, 4.69) is 0 Å². The van der Waals surface area contributed by atoms with Gasteiger partial charge < -0.3 is 0 Å². The largest absolute Gasteiger partial charge is 0.286 e. The van der Waals surface area contributed by atoms with E-state index in [0.717, 1.165) is 5.56 Å². The number of hydrogen-bond donors (Lipinski definition) is 0. The third kappa shape index (κ3) is 2.18. The van der Waals surface area contributed by atoms with Crippen LogP contribution in [0.5, 0.6) is 0 Å². The molecule has 70 valence electrons. The van der Waals surface area contributed by atoms with Crippen LogP contribution in [0.2, 0.25) is 0 Å². The lowest BCUT2D eigenvalue weighted by molar-refractivity contribution is -0.386. The Bertz CT molecular complexity index is 336. The first kappa shape index (κ1) is 10.4. The number of benzene rings is 1. The molecule has 0 aliphatic carbocycles. The lowest BCUT2D eigenvalue weighted by Gasteiger charge is -2.06. The summed E-state index contributed by atoms with van der Waals surface area (Å²) >= 11 is 1.99. The number of nitrogens with zero attached hydrogens (tertiary/aromatic N) is 1. The molecule has 4 heteroatoms. The van der Waals surface area contributed by atoms with Gasteiger partial charge in [-0.2, -0.15) is 0 Å². The third-order valence-electron chi connectivity index (χ3n) is 1.82. The second-order valence-electron chi connectivity index (χ2n) is 3.09. The lowest BCUT2D eigenvalue weighted by atomic mass is 10.0. The average molecular weight is 291 g/mol. The molecule has 1 aromatic rings. The van der Waals surface area contributed by atoms with Crippen LogP contribution in [-0.4, -0.2) is 4.92 Å². The van der Waals surface area contributed by atoms with Gasteiger partial charge in [-0.3, -0.25) is 10.1 Å². The van der Waals surface area contributed by atoms with Gasteiger partial charge >= 0.3 is 0 Å². The van der Waals surface area contributed by atoms with Crippen LogP contribution in [0.3, 0.4) is 0 Å². The summed E-state index contributed by atoms with van der Waals surface area (Å²) in [6.45, 7) is 3.91. The number of hydrogen-bond acceptors (Lipinski definition) is 2. The van der Waals surface area contributed by atoms with E-state index in [9.17, 15) is 10.1 Å². The molecule has 0 aliphatic heterocycles. The highest BCUT2D eigenvalue weighted by molar-refractivity contribution is 14.1. The first-order chi connectivity index (χ1) is 6.04. The predicted molar refractivity (Wildman–Crippen MR) is 59.9 cm³/mol. The summed E-state index contributed by atoms with van der Waals surface area (Å²) in [4.78, 5) is 10.4. The van der Waals surface area contributed by atoms with E-state index < -0.39 is 0 Å².